The quantitative estimate of drug-likeness (QED) is 0.268. The van der Waals surface area contributed by atoms with Gasteiger partial charge in [0.05, 0.1) is 30.6 Å². The molecule has 3 rings (SSSR count). The first kappa shape index (κ1) is 23.6. The second-order valence-electron chi connectivity index (χ2n) is 6.69. The number of hydrogen-bond donors (Lipinski definition) is 2. The number of rotatable bonds is 9. The Morgan fingerprint density at radius 2 is 1.64 bits per heavy atom. The van der Waals surface area contributed by atoms with E-state index in [4.69, 9.17) is 9.47 Å². The first-order valence-corrected chi connectivity index (χ1v) is 10.7. The van der Waals surface area contributed by atoms with Gasteiger partial charge in [0.1, 0.15) is 11.5 Å². The number of nitrogens with zero attached hydrogens (tertiary/aromatic N) is 1. The van der Waals surface area contributed by atoms with E-state index in [0.29, 0.717) is 28.4 Å². The Hall–Kier alpha value is -4.05. The van der Waals surface area contributed by atoms with Crippen molar-refractivity contribution in [2.75, 3.05) is 30.6 Å². The zero-order chi connectivity index (χ0) is 23.8. The van der Waals surface area contributed by atoms with Gasteiger partial charge in [-0.2, -0.15) is 0 Å². The third-order valence-electron chi connectivity index (χ3n) is 4.51. The summed E-state index contributed by atoms with van der Waals surface area (Å²) in [5, 5.41) is 16.3. The lowest BCUT2D eigenvalue weighted by Crippen LogP contribution is -2.14. The molecule has 0 aliphatic heterocycles. The lowest BCUT2D eigenvalue weighted by atomic mass is 10.2. The second-order valence-corrected chi connectivity index (χ2v) is 7.73. The van der Waals surface area contributed by atoms with Crippen molar-refractivity contribution in [3.8, 4) is 11.5 Å². The molecule has 2 N–H and O–H groups in total. The van der Waals surface area contributed by atoms with Crippen LogP contribution in [0.15, 0.2) is 71.6 Å². The van der Waals surface area contributed by atoms with Crippen LogP contribution in [0.2, 0.25) is 0 Å². The molecule has 0 saturated carbocycles. The minimum Gasteiger partial charge on any atom is -0.497 e. The Morgan fingerprint density at radius 3 is 2.24 bits per heavy atom. The number of nitrogens with one attached hydrogen (secondary N) is 2. The Bertz CT molecular complexity index is 1150. The molecule has 0 unspecified atom stereocenters. The van der Waals surface area contributed by atoms with Crippen molar-refractivity contribution in [1.29, 1.82) is 0 Å². The van der Waals surface area contributed by atoms with E-state index >= 15 is 0 Å². The summed E-state index contributed by atoms with van der Waals surface area (Å²) in [5.41, 5.74) is 1.34. The third kappa shape index (κ3) is 6.47. The topological polar surface area (TPSA) is 120 Å². The number of hydrogen-bond acceptors (Lipinski definition) is 7. The normalized spacial score (nSPS) is 10.2. The maximum absolute atomic E-state index is 12.3. The Labute approximate surface area is 194 Å². The predicted molar refractivity (Wildman–Crippen MR) is 126 cm³/mol. The molecule has 0 spiro atoms. The minimum absolute atomic E-state index is 0.0811. The lowest BCUT2D eigenvalue weighted by Gasteiger charge is -2.11. The van der Waals surface area contributed by atoms with Crippen LogP contribution in [0.25, 0.3) is 0 Å². The second kappa shape index (κ2) is 11.0. The summed E-state index contributed by atoms with van der Waals surface area (Å²) in [4.78, 5) is 35.7. The summed E-state index contributed by atoms with van der Waals surface area (Å²) in [7, 11) is 3.07. The molecule has 0 heterocycles. The van der Waals surface area contributed by atoms with Crippen LogP contribution in [0.3, 0.4) is 0 Å². The smallest absolute Gasteiger partial charge is 0.269 e. The Kier molecular flexibility index (Phi) is 7.87. The summed E-state index contributed by atoms with van der Waals surface area (Å²) >= 11 is 1.34. The monoisotopic (exact) mass is 467 g/mol. The highest BCUT2D eigenvalue weighted by atomic mass is 32.2. The summed E-state index contributed by atoms with van der Waals surface area (Å²) in [6.07, 6.45) is 0. The maximum atomic E-state index is 12.3. The fourth-order valence-electron chi connectivity index (χ4n) is 2.81. The number of carbonyl (C=O) groups is 2. The number of nitro benzene ring substituents is 1. The molecule has 0 fully saturated rings. The van der Waals surface area contributed by atoms with Gasteiger partial charge in [0.15, 0.2) is 0 Å². The first-order valence-electron chi connectivity index (χ1n) is 9.70. The standard InChI is InChI=1S/C23H21N3O6S/c1-31-18-9-12-20(21(13-18)32-2)25-22(27)14-33-19-10-5-16(6-11-19)24-23(28)15-3-7-17(8-4-15)26(29)30/h3-13H,14H2,1-2H3,(H,24,28)(H,25,27). The minimum atomic E-state index is -0.522. The van der Waals surface area contributed by atoms with E-state index in [1.807, 2.05) is 0 Å². The molecule has 2 amide bonds. The van der Waals surface area contributed by atoms with Crippen LogP contribution in [0, 0.1) is 10.1 Å². The SMILES string of the molecule is COc1ccc(NC(=O)CSc2ccc(NC(=O)c3ccc([N+](=O)[O-])cc3)cc2)c(OC)c1. The Morgan fingerprint density at radius 1 is 0.939 bits per heavy atom. The number of ether oxygens (including phenoxy) is 2. The highest BCUT2D eigenvalue weighted by Gasteiger charge is 2.11. The van der Waals surface area contributed by atoms with Crippen molar-refractivity contribution >= 4 is 40.6 Å². The molecule has 9 nitrogen and oxygen atoms in total. The maximum Gasteiger partial charge on any atom is 0.269 e. The van der Waals surface area contributed by atoms with Gasteiger partial charge >= 0.3 is 0 Å². The van der Waals surface area contributed by atoms with Crippen LogP contribution in [-0.4, -0.2) is 36.7 Å². The van der Waals surface area contributed by atoms with Crippen LogP contribution >= 0.6 is 11.8 Å². The molecule has 0 saturated heterocycles. The molecule has 3 aromatic carbocycles. The molecule has 0 bridgehead atoms. The molecule has 0 atom stereocenters. The number of non-ortho nitro benzene ring substituents is 1. The van der Waals surface area contributed by atoms with Gasteiger partial charge in [0.25, 0.3) is 11.6 Å². The van der Waals surface area contributed by atoms with Crippen molar-refractivity contribution in [3.63, 3.8) is 0 Å². The summed E-state index contributed by atoms with van der Waals surface area (Å²) in [6.45, 7) is 0. The van der Waals surface area contributed by atoms with E-state index in [2.05, 4.69) is 10.6 Å². The largest absolute Gasteiger partial charge is 0.497 e. The van der Waals surface area contributed by atoms with Crippen LogP contribution < -0.4 is 20.1 Å². The number of amides is 2. The van der Waals surface area contributed by atoms with Gasteiger partial charge < -0.3 is 20.1 Å². The van der Waals surface area contributed by atoms with E-state index in [9.17, 15) is 19.7 Å². The Balaban J connectivity index is 1.52. The summed E-state index contributed by atoms with van der Waals surface area (Å²) < 4.78 is 10.4. The van der Waals surface area contributed by atoms with E-state index < -0.39 is 4.92 Å². The van der Waals surface area contributed by atoms with Gasteiger partial charge in [0, 0.05) is 34.3 Å². The van der Waals surface area contributed by atoms with E-state index in [0.717, 1.165) is 4.90 Å². The average molecular weight is 468 g/mol. The van der Waals surface area contributed by atoms with Crippen LogP contribution in [0.4, 0.5) is 17.1 Å². The number of nitro groups is 1. The molecular formula is C23H21N3O6S. The van der Waals surface area contributed by atoms with Gasteiger partial charge in [0.2, 0.25) is 5.91 Å². The highest BCUT2D eigenvalue weighted by Crippen LogP contribution is 2.29. The number of benzene rings is 3. The van der Waals surface area contributed by atoms with Gasteiger partial charge in [-0.3, -0.25) is 19.7 Å². The molecule has 3 aromatic rings. The fourth-order valence-corrected chi connectivity index (χ4v) is 3.51. The van der Waals surface area contributed by atoms with E-state index in [1.54, 1.807) is 49.6 Å². The highest BCUT2D eigenvalue weighted by molar-refractivity contribution is 8.00. The molecule has 33 heavy (non-hydrogen) atoms. The van der Waals surface area contributed by atoms with Gasteiger partial charge in [-0.15, -0.1) is 11.8 Å². The molecule has 0 aromatic heterocycles. The number of anilines is 2. The predicted octanol–water partition coefficient (Wildman–Crippen LogP) is 4.60. The molecule has 0 radical (unpaired) electrons. The lowest BCUT2D eigenvalue weighted by molar-refractivity contribution is -0.384. The van der Waals surface area contributed by atoms with Crippen molar-refractivity contribution < 1.29 is 24.0 Å². The summed E-state index contributed by atoms with van der Waals surface area (Å²) in [6, 6.07) is 17.5. The average Bonchev–Trinajstić information content (AvgIpc) is 2.83. The first-order chi connectivity index (χ1) is 15.9. The number of thioether (sulfide) groups is 1. The molecular weight excluding hydrogens is 446 g/mol. The molecule has 10 heteroatoms. The van der Waals surface area contributed by atoms with Gasteiger partial charge in [-0.1, -0.05) is 0 Å². The van der Waals surface area contributed by atoms with Gasteiger partial charge in [-0.05, 0) is 48.5 Å². The van der Waals surface area contributed by atoms with Crippen LogP contribution in [0.1, 0.15) is 10.4 Å². The zero-order valence-electron chi connectivity index (χ0n) is 17.9. The fraction of sp³-hybridized carbons (Fsp3) is 0.130. The molecule has 170 valence electrons. The number of carbonyl (C=O) groups excluding carboxylic acids is 2. The molecule has 0 aliphatic carbocycles. The van der Waals surface area contributed by atoms with E-state index in [-0.39, 0.29) is 23.3 Å². The van der Waals surface area contributed by atoms with Crippen LogP contribution in [0.5, 0.6) is 11.5 Å². The third-order valence-corrected chi connectivity index (χ3v) is 5.52. The van der Waals surface area contributed by atoms with Crippen molar-refractivity contribution in [3.05, 3.63) is 82.4 Å². The van der Waals surface area contributed by atoms with Crippen LogP contribution in [-0.2, 0) is 4.79 Å². The van der Waals surface area contributed by atoms with Crippen molar-refractivity contribution in [2.24, 2.45) is 0 Å². The zero-order valence-corrected chi connectivity index (χ0v) is 18.7. The number of methoxy groups -OCH3 is 2. The van der Waals surface area contributed by atoms with E-state index in [1.165, 1.54) is 43.1 Å². The van der Waals surface area contributed by atoms with Crippen molar-refractivity contribution in [1.82, 2.24) is 0 Å². The molecule has 0 aliphatic rings. The van der Waals surface area contributed by atoms with Crippen molar-refractivity contribution in [2.45, 2.75) is 4.90 Å². The van der Waals surface area contributed by atoms with Gasteiger partial charge in [-0.25, -0.2) is 0 Å². The summed E-state index contributed by atoms with van der Waals surface area (Å²) in [5.74, 6) is 0.738.